The molecule has 0 unspecified atom stereocenters. The summed E-state index contributed by atoms with van der Waals surface area (Å²) in [6.07, 6.45) is 3.75. The smallest absolute Gasteiger partial charge is 0.321 e. The summed E-state index contributed by atoms with van der Waals surface area (Å²) < 4.78 is 25.3. The van der Waals surface area contributed by atoms with E-state index in [9.17, 15) is 9.18 Å². The molecule has 0 aromatic heterocycles. The molecule has 1 N–H and O–H groups in total. The monoisotopic (exact) mass is 441 g/mol. The van der Waals surface area contributed by atoms with Gasteiger partial charge in [0.1, 0.15) is 11.9 Å². The highest BCUT2D eigenvalue weighted by molar-refractivity contribution is 5.91. The second-order valence-electron chi connectivity index (χ2n) is 8.36. The van der Waals surface area contributed by atoms with E-state index in [1.165, 1.54) is 6.07 Å². The summed E-state index contributed by atoms with van der Waals surface area (Å²) in [7, 11) is 0. The van der Waals surface area contributed by atoms with Crippen LogP contribution in [0.2, 0.25) is 0 Å². The zero-order valence-corrected chi connectivity index (χ0v) is 18.6. The lowest BCUT2D eigenvalue weighted by molar-refractivity contribution is 0.0529. The number of carbonyl (C=O) groups is 1. The number of carbonyl (C=O) groups excluding carboxylic acids is 1. The van der Waals surface area contributed by atoms with E-state index in [0.717, 1.165) is 51.9 Å². The summed E-state index contributed by atoms with van der Waals surface area (Å²) in [5.41, 5.74) is 0.707. The second-order valence-corrected chi connectivity index (χ2v) is 8.36. The van der Waals surface area contributed by atoms with Gasteiger partial charge in [-0.15, -0.1) is 0 Å². The van der Waals surface area contributed by atoms with Gasteiger partial charge in [-0.3, -0.25) is 4.90 Å². The molecule has 7 heteroatoms. The molecule has 2 heterocycles. The number of halogens is 1. The van der Waals surface area contributed by atoms with Gasteiger partial charge in [0.25, 0.3) is 0 Å². The Morgan fingerprint density at radius 3 is 2.31 bits per heavy atom. The molecular weight excluding hydrogens is 409 g/mol. The first kappa shape index (κ1) is 22.4. The molecule has 0 aliphatic carbocycles. The first-order valence-corrected chi connectivity index (χ1v) is 11.6. The number of piperidine rings is 2. The van der Waals surface area contributed by atoms with Crippen molar-refractivity contribution in [2.24, 2.45) is 0 Å². The zero-order valence-electron chi connectivity index (χ0n) is 18.6. The fraction of sp³-hybridized carbons (Fsp3) is 0.480. The number of amides is 2. The molecule has 2 saturated heterocycles. The summed E-state index contributed by atoms with van der Waals surface area (Å²) in [5, 5.41) is 2.99. The van der Waals surface area contributed by atoms with E-state index in [1.54, 1.807) is 18.2 Å². The van der Waals surface area contributed by atoms with Gasteiger partial charge in [-0.25, -0.2) is 9.18 Å². The number of nitrogens with zero attached hydrogens (tertiary/aromatic N) is 2. The van der Waals surface area contributed by atoms with Crippen molar-refractivity contribution in [2.45, 2.75) is 44.8 Å². The highest BCUT2D eigenvalue weighted by atomic mass is 19.1. The first-order chi connectivity index (χ1) is 15.6. The number of rotatable bonds is 6. The van der Waals surface area contributed by atoms with E-state index in [4.69, 9.17) is 9.47 Å². The Kier molecular flexibility index (Phi) is 7.47. The van der Waals surface area contributed by atoms with Crippen LogP contribution in [0.15, 0.2) is 48.5 Å². The number of anilines is 1. The lowest BCUT2D eigenvalue weighted by Crippen LogP contribution is -2.50. The zero-order chi connectivity index (χ0) is 22.3. The van der Waals surface area contributed by atoms with Crippen LogP contribution >= 0.6 is 0 Å². The molecule has 2 aromatic rings. The van der Waals surface area contributed by atoms with E-state index in [2.05, 4.69) is 10.2 Å². The maximum Gasteiger partial charge on any atom is 0.321 e. The van der Waals surface area contributed by atoms with Crippen LogP contribution in [0.5, 0.6) is 11.5 Å². The van der Waals surface area contributed by atoms with E-state index in [1.807, 2.05) is 36.1 Å². The molecule has 6 nitrogen and oxygen atoms in total. The van der Waals surface area contributed by atoms with Crippen molar-refractivity contribution in [1.29, 1.82) is 0 Å². The van der Waals surface area contributed by atoms with Gasteiger partial charge < -0.3 is 19.7 Å². The Bertz CT molecular complexity index is 894. The van der Waals surface area contributed by atoms with Crippen LogP contribution in [0.1, 0.15) is 32.6 Å². The molecule has 0 saturated carbocycles. The van der Waals surface area contributed by atoms with Gasteiger partial charge in [0, 0.05) is 32.2 Å². The van der Waals surface area contributed by atoms with Gasteiger partial charge in [0.05, 0.1) is 12.3 Å². The van der Waals surface area contributed by atoms with Crippen LogP contribution in [0.25, 0.3) is 0 Å². The predicted molar refractivity (Wildman–Crippen MR) is 123 cm³/mol. The third kappa shape index (κ3) is 5.51. The molecule has 32 heavy (non-hydrogen) atoms. The number of ether oxygens (including phenoxy) is 2. The molecule has 2 aromatic carbocycles. The Hall–Kier alpha value is -2.80. The normalized spacial score (nSPS) is 18.4. The lowest BCUT2D eigenvalue weighted by Gasteiger charge is -2.41. The van der Waals surface area contributed by atoms with Gasteiger partial charge in [0.15, 0.2) is 11.6 Å². The van der Waals surface area contributed by atoms with Crippen molar-refractivity contribution >= 4 is 11.7 Å². The maximum atomic E-state index is 13.8. The summed E-state index contributed by atoms with van der Waals surface area (Å²) in [5.74, 6) is 0.736. The summed E-state index contributed by atoms with van der Waals surface area (Å²) >= 11 is 0. The summed E-state index contributed by atoms with van der Waals surface area (Å²) in [6, 6.07) is 14.5. The number of hydrogen-bond donors (Lipinski definition) is 1. The van der Waals surface area contributed by atoms with Crippen LogP contribution in [-0.2, 0) is 0 Å². The Morgan fingerprint density at radius 2 is 1.62 bits per heavy atom. The van der Waals surface area contributed by atoms with E-state index < -0.39 is 0 Å². The molecule has 0 bridgehead atoms. The van der Waals surface area contributed by atoms with Crippen molar-refractivity contribution in [3.63, 3.8) is 0 Å². The number of hydrogen-bond acceptors (Lipinski definition) is 4. The van der Waals surface area contributed by atoms with Crippen LogP contribution in [0.3, 0.4) is 0 Å². The Balaban J connectivity index is 1.22. The third-order valence-electron chi connectivity index (χ3n) is 6.30. The highest BCUT2D eigenvalue weighted by Crippen LogP contribution is 2.27. The molecule has 2 aliphatic rings. The quantitative estimate of drug-likeness (QED) is 0.702. The van der Waals surface area contributed by atoms with E-state index >= 15 is 0 Å². The molecule has 0 radical (unpaired) electrons. The van der Waals surface area contributed by atoms with Crippen molar-refractivity contribution in [1.82, 2.24) is 9.80 Å². The minimum atomic E-state index is -0.301. The lowest BCUT2D eigenvalue weighted by atomic mass is 9.99. The van der Waals surface area contributed by atoms with Crippen molar-refractivity contribution < 1.29 is 18.7 Å². The maximum absolute atomic E-state index is 13.8. The third-order valence-corrected chi connectivity index (χ3v) is 6.30. The Labute approximate surface area is 189 Å². The van der Waals surface area contributed by atoms with Gasteiger partial charge in [-0.1, -0.05) is 24.3 Å². The van der Waals surface area contributed by atoms with Crippen LogP contribution in [0, 0.1) is 5.82 Å². The summed E-state index contributed by atoms with van der Waals surface area (Å²) in [6.45, 7) is 5.84. The molecule has 0 atom stereocenters. The molecule has 2 fully saturated rings. The average Bonchev–Trinajstić information content (AvgIpc) is 2.83. The van der Waals surface area contributed by atoms with Crippen molar-refractivity contribution in [2.75, 3.05) is 38.1 Å². The van der Waals surface area contributed by atoms with Gasteiger partial charge in [-0.05, 0) is 56.9 Å². The SMILES string of the molecule is CCOc1ccccc1NC(=O)N1CCC(N2CCC(Oc3ccccc3F)CC2)CC1. The molecular formula is C25H32FN3O3. The van der Waals surface area contributed by atoms with Crippen molar-refractivity contribution in [3.05, 3.63) is 54.3 Å². The number of nitrogens with one attached hydrogen (secondary N) is 1. The van der Waals surface area contributed by atoms with E-state index in [-0.39, 0.29) is 18.0 Å². The largest absolute Gasteiger partial charge is 0.492 e. The van der Waals surface area contributed by atoms with Crippen molar-refractivity contribution in [3.8, 4) is 11.5 Å². The second kappa shape index (κ2) is 10.7. The predicted octanol–water partition coefficient (Wildman–Crippen LogP) is 4.76. The molecule has 172 valence electrons. The van der Waals surface area contributed by atoms with Crippen LogP contribution in [0.4, 0.5) is 14.9 Å². The van der Waals surface area contributed by atoms with Gasteiger partial charge in [0.2, 0.25) is 0 Å². The minimum absolute atomic E-state index is 0.0550. The van der Waals surface area contributed by atoms with Crippen LogP contribution < -0.4 is 14.8 Å². The first-order valence-electron chi connectivity index (χ1n) is 11.6. The molecule has 2 aliphatic heterocycles. The number of urea groups is 1. The highest BCUT2D eigenvalue weighted by Gasteiger charge is 2.30. The van der Waals surface area contributed by atoms with Crippen LogP contribution in [-0.4, -0.2) is 60.8 Å². The molecule has 0 spiro atoms. The van der Waals surface area contributed by atoms with Gasteiger partial charge >= 0.3 is 6.03 Å². The number of likely N-dealkylation sites (tertiary alicyclic amines) is 2. The Morgan fingerprint density at radius 1 is 0.969 bits per heavy atom. The average molecular weight is 442 g/mol. The fourth-order valence-electron chi connectivity index (χ4n) is 4.56. The molecule has 2 amide bonds. The number of benzene rings is 2. The van der Waals surface area contributed by atoms with E-state index in [0.29, 0.717) is 29.8 Å². The minimum Gasteiger partial charge on any atom is -0.492 e. The van der Waals surface area contributed by atoms with Gasteiger partial charge in [-0.2, -0.15) is 0 Å². The topological polar surface area (TPSA) is 54.0 Å². The standard InChI is InChI=1S/C25H32FN3O3/c1-2-31-24-10-6-4-8-22(24)27-25(30)29-15-11-19(12-16-29)28-17-13-20(14-18-28)32-23-9-5-3-7-21(23)26/h3-10,19-20H,2,11-18H2,1H3,(H,27,30). The summed E-state index contributed by atoms with van der Waals surface area (Å²) in [4.78, 5) is 17.1. The molecule has 4 rings (SSSR count). The fourth-order valence-corrected chi connectivity index (χ4v) is 4.56. The number of para-hydroxylation sites is 3.